The lowest BCUT2D eigenvalue weighted by atomic mass is 10.3. The predicted octanol–water partition coefficient (Wildman–Crippen LogP) is 1.37. The van der Waals surface area contributed by atoms with Crippen molar-refractivity contribution in [1.29, 1.82) is 0 Å². The fourth-order valence-electron chi connectivity index (χ4n) is 1.63. The Morgan fingerprint density at radius 1 is 1.44 bits per heavy atom. The number of unbranched alkanes of at least 4 members (excludes halogenated alkanes) is 1. The summed E-state index contributed by atoms with van der Waals surface area (Å²) < 4.78 is 34.7. The third kappa shape index (κ3) is 3.31. The molecule has 0 aromatic carbocycles. The second kappa shape index (κ2) is 5.45. The lowest BCUT2D eigenvalue weighted by Gasteiger charge is -2.06. The molecule has 1 atom stereocenters. The molecule has 0 aliphatic carbocycles. The highest BCUT2D eigenvalue weighted by atomic mass is 32.2. The molecule has 1 rings (SSSR count). The van der Waals surface area contributed by atoms with Gasteiger partial charge in [-0.2, -0.15) is 8.42 Å². The van der Waals surface area contributed by atoms with E-state index < -0.39 is 15.5 Å². The lowest BCUT2D eigenvalue weighted by molar-refractivity contribution is -0.696. The van der Waals surface area contributed by atoms with Crippen LogP contribution in [0.15, 0.2) is 18.7 Å². The van der Waals surface area contributed by atoms with Gasteiger partial charge in [0.2, 0.25) is 11.7 Å². The summed E-state index contributed by atoms with van der Waals surface area (Å²) in [7, 11) is -4.03. The molecule has 0 saturated carbocycles. The summed E-state index contributed by atoms with van der Waals surface area (Å²) in [6, 6.07) is 0. The Morgan fingerprint density at radius 2 is 2.12 bits per heavy atom. The maximum atomic E-state index is 11.1. The van der Waals surface area contributed by atoms with Gasteiger partial charge >= 0.3 is 10.1 Å². The SMILES string of the molecule is CCCC[n+]1ccn(C(CC)S(=O)(=O)O)c1. The Balaban J connectivity index is 2.83. The second-order valence-electron chi connectivity index (χ2n) is 3.83. The van der Waals surface area contributed by atoms with E-state index in [1.165, 1.54) is 4.57 Å². The molecule has 0 aliphatic rings. The molecule has 0 fully saturated rings. The summed E-state index contributed by atoms with van der Waals surface area (Å²) >= 11 is 0. The Hall–Kier alpha value is -0.880. The van der Waals surface area contributed by atoms with Gasteiger partial charge < -0.3 is 0 Å². The van der Waals surface area contributed by atoms with Crippen LogP contribution in [0.4, 0.5) is 0 Å². The maximum absolute atomic E-state index is 11.1. The van der Waals surface area contributed by atoms with E-state index in [0.717, 1.165) is 19.4 Å². The van der Waals surface area contributed by atoms with Gasteiger partial charge in [0.1, 0.15) is 12.4 Å². The molecule has 0 spiro atoms. The molecule has 0 bridgehead atoms. The molecule has 1 aromatic heterocycles. The molecule has 0 aliphatic heterocycles. The normalized spacial score (nSPS) is 13.9. The van der Waals surface area contributed by atoms with Crippen LogP contribution >= 0.6 is 0 Å². The van der Waals surface area contributed by atoms with Crippen molar-refractivity contribution in [2.75, 3.05) is 0 Å². The molecule has 0 amide bonds. The predicted molar refractivity (Wildman–Crippen MR) is 60.4 cm³/mol. The standard InChI is InChI=1S/C10H18N2O3S/c1-3-5-6-11-7-8-12(9-11)10(4-2)16(13,14)15/h7-10H,3-6H2,1-2H3/p+1. The van der Waals surface area contributed by atoms with Gasteiger partial charge in [-0.15, -0.1) is 0 Å². The van der Waals surface area contributed by atoms with Gasteiger partial charge in [0, 0.05) is 6.42 Å². The Kier molecular flexibility index (Phi) is 4.49. The number of hydrogen-bond donors (Lipinski definition) is 1. The van der Waals surface area contributed by atoms with E-state index in [1.807, 2.05) is 10.8 Å². The molecule has 1 heterocycles. The molecule has 6 heteroatoms. The van der Waals surface area contributed by atoms with Gasteiger partial charge in [-0.1, -0.05) is 20.3 Å². The zero-order chi connectivity index (χ0) is 12.2. The zero-order valence-electron chi connectivity index (χ0n) is 9.70. The van der Waals surface area contributed by atoms with E-state index in [0.29, 0.717) is 6.42 Å². The van der Waals surface area contributed by atoms with Crippen molar-refractivity contribution < 1.29 is 17.5 Å². The molecule has 0 saturated heterocycles. The zero-order valence-corrected chi connectivity index (χ0v) is 10.5. The van der Waals surface area contributed by atoms with Gasteiger partial charge in [0.15, 0.2) is 0 Å². The third-order valence-corrected chi connectivity index (χ3v) is 3.77. The second-order valence-corrected chi connectivity index (χ2v) is 5.40. The number of imidazole rings is 1. The highest BCUT2D eigenvalue weighted by Gasteiger charge is 2.27. The number of hydrogen-bond acceptors (Lipinski definition) is 2. The van der Waals surface area contributed by atoms with E-state index in [-0.39, 0.29) is 0 Å². The van der Waals surface area contributed by atoms with E-state index in [1.54, 1.807) is 19.4 Å². The molecule has 5 nitrogen and oxygen atoms in total. The van der Waals surface area contributed by atoms with Crippen LogP contribution in [0.5, 0.6) is 0 Å². The van der Waals surface area contributed by atoms with E-state index in [9.17, 15) is 8.42 Å². The van der Waals surface area contributed by atoms with Gasteiger partial charge in [0.05, 0.1) is 6.54 Å². The van der Waals surface area contributed by atoms with Crippen LogP contribution in [0.2, 0.25) is 0 Å². The van der Waals surface area contributed by atoms with Gasteiger partial charge in [0.25, 0.3) is 0 Å². The minimum Gasteiger partial charge on any atom is -0.282 e. The van der Waals surface area contributed by atoms with Crippen LogP contribution in [0.3, 0.4) is 0 Å². The fourth-order valence-corrected chi connectivity index (χ4v) is 2.48. The van der Waals surface area contributed by atoms with Crippen molar-refractivity contribution in [1.82, 2.24) is 4.57 Å². The highest BCUT2D eigenvalue weighted by Crippen LogP contribution is 2.16. The van der Waals surface area contributed by atoms with Crippen molar-refractivity contribution in [2.24, 2.45) is 0 Å². The summed E-state index contributed by atoms with van der Waals surface area (Å²) in [5.41, 5.74) is 0. The Labute approximate surface area is 96.5 Å². The quantitative estimate of drug-likeness (QED) is 0.610. The summed E-state index contributed by atoms with van der Waals surface area (Å²) in [6.07, 6.45) is 7.71. The largest absolute Gasteiger partial charge is 0.307 e. The van der Waals surface area contributed by atoms with Crippen LogP contribution in [-0.4, -0.2) is 17.5 Å². The molecular weight excluding hydrogens is 228 g/mol. The first-order valence-electron chi connectivity index (χ1n) is 5.51. The fraction of sp³-hybridized carbons (Fsp3) is 0.700. The lowest BCUT2D eigenvalue weighted by Crippen LogP contribution is -2.31. The molecule has 0 radical (unpaired) electrons. The number of rotatable bonds is 6. The van der Waals surface area contributed by atoms with E-state index in [2.05, 4.69) is 6.92 Å². The highest BCUT2D eigenvalue weighted by molar-refractivity contribution is 7.85. The van der Waals surface area contributed by atoms with Crippen molar-refractivity contribution in [2.45, 2.75) is 45.0 Å². The minimum absolute atomic E-state index is 0.349. The Bertz CT molecular complexity index is 425. The Morgan fingerprint density at radius 3 is 2.62 bits per heavy atom. The van der Waals surface area contributed by atoms with Crippen LogP contribution in [0, 0.1) is 0 Å². The first-order chi connectivity index (χ1) is 7.49. The third-order valence-electron chi connectivity index (χ3n) is 2.51. The van der Waals surface area contributed by atoms with Crippen molar-refractivity contribution in [3.63, 3.8) is 0 Å². The summed E-state index contributed by atoms with van der Waals surface area (Å²) in [6.45, 7) is 4.70. The number of aromatic nitrogens is 2. The maximum Gasteiger partial charge on any atom is 0.307 e. The summed E-state index contributed by atoms with van der Waals surface area (Å²) in [5.74, 6) is 0. The molecular formula is C10H19N2O3S+. The topological polar surface area (TPSA) is 63.2 Å². The van der Waals surface area contributed by atoms with Gasteiger partial charge in [-0.3, -0.25) is 4.55 Å². The molecule has 1 unspecified atom stereocenters. The molecule has 16 heavy (non-hydrogen) atoms. The minimum atomic E-state index is -4.03. The molecule has 1 aromatic rings. The summed E-state index contributed by atoms with van der Waals surface area (Å²) in [5, 5.41) is -0.879. The van der Waals surface area contributed by atoms with Crippen LogP contribution in [0.25, 0.3) is 0 Å². The van der Waals surface area contributed by atoms with Crippen molar-refractivity contribution in [3.8, 4) is 0 Å². The average Bonchev–Trinajstić information content (AvgIpc) is 2.62. The van der Waals surface area contributed by atoms with E-state index in [4.69, 9.17) is 4.55 Å². The number of nitrogens with zero attached hydrogens (tertiary/aromatic N) is 2. The summed E-state index contributed by atoms with van der Waals surface area (Å²) in [4.78, 5) is 0. The first-order valence-corrected chi connectivity index (χ1v) is 7.02. The number of aryl methyl sites for hydroxylation is 1. The van der Waals surface area contributed by atoms with Gasteiger partial charge in [-0.05, 0) is 6.42 Å². The molecule has 1 N–H and O–H groups in total. The smallest absolute Gasteiger partial charge is 0.282 e. The monoisotopic (exact) mass is 247 g/mol. The molecule has 92 valence electrons. The van der Waals surface area contributed by atoms with Crippen molar-refractivity contribution in [3.05, 3.63) is 18.7 Å². The van der Waals surface area contributed by atoms with Crippen LogP contribution < -0.4 is 4.57 Å². The first kappa shape index (κ1) is 13.2. The van der Waals surface area contributed by atoms with Crippen LogP contribution in [-0.2, 0) is 16.7 Å². The van der Waals surface area contributed by atoms with Crippen LogP contribution in [0.1, 0.15) is 38.5 Å². The average molecular weight is 247 g/mol. The van der Waals surface area contributed by atoms with E-state index >= 15 is 0 Å². The van der Waals surface area contributed by atoms with Crippen molar-refractivity contribution >= 4 is 10.1 Å². The van der Waals surface area contributed by atoms with Gasteiger partial charge in [-0.25, -0.2) is 9.13 Å².